The Morgan fingerprint density at radius 1 is 1.31 bits per heavy atom. The van der Waals surface area contributed by atoms with Crippen molar-refractivity contribution in [3.63, 3.8) is 0 Å². The molecule has 0 aliphatic rings. The van der Waals surface area contributed by atoms with Gasteiger partial charge in [0.1, 0.15) is 28.2 Å². The maximum atomic E-state index is 13.0. The van der Waals surface area contributed by atoms with Gasteiger partial charge in [-0.2, -0.15) is 5.26 Å². The van der Waals surface area contributed by atoms with Crippen LogP contribution in [-0.2, 0) is 0 Å². The first-order valence-electron chi connectivity index (χ1n) is 7.53. The number of hydrogen-bond acceptors (Lipinski definition) is 5. The summed E-state index contributed by atoms with van der Waals surface area (Å²) in [5.41, 5.74) is 2.48. The monoisotopic (exact) mass is 385 g/mol. The molecular formula is C19H13ClFN3OS. The number of thiazole rings is 1. The van der Waals surface area contributed by atoms with Gasteiger partial charge in [0.2, 0.25) is 0 Å². The first-order chi connectivity index (χ1) is 12.6. The normalized spacial score (nSPS) is 11.1. The van der Waals surface area contributed by atoms with Crippen molar-refractivity contribution in [2.24, 2.45) is 0 Å². The fourth-order valence-electron chi connectivity index (χ4n) is 2.24. The molecule has 0 fully saturated rings. The molecule has 3 rings (SSSR count). The minimum Gasteiger partial charge on any atom is -0.495 e. The number of halogens is 2. The highest BCUT2D eigenvalue weighted by Gasteiger charge is 2.10. The van der Waals surface area contributed by atoms with Crippen molar-refractivity contribution < 1.29 is 9.13 Å². The number of aromatic nitrogens is 1. The van der Waals surface area contributed by atoms with Gasteiger partial charge in [-0.3, -0.25) is 0 Å². The van der Waals surface area contributed by atoms with Gasteiger partial charge in [0, 0.05) is 22.2 Å². The highest BCUT2D eigenvalue weighted by atomic mass is 35.5. The van der Waals surface area contributed by atoms with Crippen molar-refractivity contribution in [1.82, 2.24) is 4.98 Å². The molecule has 26 heavy (non-hydrogen) atoms. The standard InChI is InChI=1S/C19H13ClFN3OS/c1-25-18-7-4-14(20)8-16(18)23-10-13(9-22)19-24-17(11-26-19)12-2-5-15(21)6-3-12/h2-8,10-11,23H,1H3/b13-10-. The van der Waals surface area contributed by atoms with Gasteiger partial charge in [0.15, 0.2) is 0 Å². The summed E-state index contributed by atoms with van der Waals surface area (Å²) in [6.45, 7) is 0. The number of methoxy groups -OCH3 is 1. The van der Waals surface area contributed by atoms with E-state index in [0.717, 1.165) is 5.56 Å². The van der Waals surface area contributed by atoms with Crippen LogP contribution in [0.25, 0.3) is 16.8 Å². The lowest BCUT2D eigenvalue weighted by atomic mass is 10.2. The number of rotatable bonds is 5. The van der Waals surface area contributed by atoms with Crippen molar-refractivity contribution in [2.75, 3.05) is 12.4 Å². The Labute approximate surface area is 159 Å². The molecule has 0 unspecified atom stereocenters. The molecule has 1 heterocycles. The van der Waals surface area contributed by atoms with Crippen LogP contribution in [0.2, 0.25) is 5.02 Å². The number of benzene rings is 2. The smallest absolute Gasteiger partial charge is 0.142 e. The first-order valence-corrected chi connectivity index (χ1v) is 8.78. The van der Waals surface area contributed by atoms with Crippen LogP contribution in [-0.4, -0.2) is 12.1 Å². The van der Waals surface area contributed by atoms with Crippen molar-refractivity contribution >= 4 is 34.2 Å². The number of ether oxygens (including phenoxy) is 1. The van der Waals surface area contributed by atoms with E-state index in [2.05, 4.69) is 16.4 Å². The van der Waals surface area contributed by atoms with Crippen LogP contribution in [0.1, 0.15) is 5.01 Å². The molecule has 7 heteroatoms. The average molecular weight is 386 g/mol. The number of nitrogens with one attached hydrogen (secondary N) is 1. The molecule has 0 saturated carbocycles. The maximum Gasteiger partial charge on any atom is 0.142 e. The van der Waals surface area contributed by atoms with Crippen LogP contribution in [0, 0.1) is 17.1 Å². The molecule has 0 bridgehead atoms. The third kappa shape index (κ3) is 4.02. The molecule has 1 aromatic heterocycles. The minimum absolute atomic E-state index is 0.304. The molecule has 4 nitrogen and oxygen atoms in total. The molecule has 0 saturated heterocycles. The average Bonchev–Trinajstić information content (AvgIpc) is 3.13. The van der Waals surface area contributed by atoms with Crippen molar-refractivity contribution in [3.8, 4) is 23.1 Å². The summed E-state index contributed by atoms with van der Waals surface area (Å²) in [5.74, 6) is 0.301. The van der Waals surface area contributed by atoms with E-state index >= 15 is 0 Å². The molecule has 0 amide bonds. The van der Waals surface area contributed by atoms with Gasteiger partial charge in [-0.1, -0.05) is 11.6 Å². The lowest BCUT2D eigenvalue weighted by molar-refractivity contribution is 0.417. The van der Waals surface area contributed by atoms with E-state index in [4.69, 9.17) is 16.3 Å². The second-order valence-electron chi connectivity index (χ2n) is 5.20. The summed E-state index contributed by atoms with van der Waals surface area (Å²) in [6, 6.07) is 13.3. The number of anilines is 1. The largest absolute Gasteiger partial charge is 0.495 e. The Morgan fingerprint density at radius 2 is 2.08 bits per heavy atom. The zero-order valence-corrected chi connectivity index (χ0v) is 15.2. The highest BCUT2D eigenvalue weighted by Crippen LogP contribution is 2.29. The van der Waals surface area contributed by atoms with Crippen LogP contribution < -0.4 is 10.1 Å². The Balaban J connectivity index is 1.86. The molecule has 2 aromatic carbocycles. The predicted molar refractivity (Wildman–Crippen MR) is 103 cm³/mol. The minimum atomic E-state index is -0.304. The molecule has 0 aliphatic carbocycles. The van der Waals surface area contributed by atoms with Crippen LogP contribution in [0.3, 0.4) is 0 Å². The molecule has 1 N–H and O–H groups in total. The Kier molecular flexibility index (Phi) is 5.52. The number of nitriles is 1. The van der Waals surface area contributed by atoms with E-state index in [0.29, 0.717) is 32.7 Å². The SMILES string of the molecule is COc1ccc(Cl)cc1N/C=C(/C#N)c1nc(-c2ccc(F)cc2)cs1. The van der Waals surface area contributed by atoms with E-state index in [1.165, 1.54) is 23.5 Å². The van der Waals surface area contributed by atoms with Crippen LogP contribution in [0.4, 0.5) is 10.1 Å². The summed E-state index contributed by atoms with van der Waals surface area (Å²) >= 11 is 7.34. The summed E-state index contributed by atoms with van der Waals surface area (Å²) < 4.78 is 18.3. The van der Waals surface area contributed by atoms with Gasteiger partial charge >= 0.3 is 0 Å². The number of hydrogen-bond donors (Lipinski definition) is 1. The quantitative estimate of drug-likeness (QED) is 0.582. The van der Waals surface area contributed by atoms with Gasteiger partial charge in [0.05, 0.1) is 18.5 Å². The van der Waals surface area contributed by atoms with Gasteiger partial charge in [-0.15, -0.1) is 11.3 Å². The van der Waals surface area contributed by atoms with Gasteiger partial charge < -0.3 is 10.1 Å². The van der Waals surface area contributed by atoms with Crippen LogP contribution in [0.5, 0.6) is 5.75 Å². The summed E-state index contributed by atoms with van der Waals surface area (Å²) in [7, 11) is 1.55. The van der Waals surface area contributed by atoms with E-state index in [1.54, 1.807) is 43.6 Å². The molecule has 0 radical (unpaired) electrons. The predicted octanol–water partition coefficient (Wildman–Crippen LogP) is 5.59. The fraction of sp³-hybridized carbons (Fsp3) is 0.0526. The molecule has 0 spiro atoms. The topological polar surface area (TPSA) is 57.9 Å². The zero-order chi connectivity index (χ0) is 18.5. The number of allylic oxidation sites excluding steroid dienone is 1. The Morgan fingerprint density at radius 3 is 2.77 bits per heavy atom. The highest BCUT2D eigenvalue weighted by molar-refractivity contribution is 7.11. The lowest BCUT2D eigenvalue weighted by Gasteiger charge is -2.08. The van der Waals surface area contributed by atoms with E-state index in [9.17, 15) is 9.65 Å². The first kappa shape index (κ1) is 17.9. The fourth-order valence-corrected chi connectivity index (χ4v) is 3.20. The van der Waals surface area contributed by atoms with Gasteiger partial charge in [-0.25, -0.2) is 9.37 Å². The summed E-state index contributed by atoms with van der Waals surface area (Å²) in [4.78, 5) is 4.46. The van der Waals surface area contributed by atoms with Gasteiger partial charge in [0.25, 0.3) is 0 Å². The van der Waals surface area contributed by atoms with Gasteiger partial charge in [-0.05, 0) is 42.5 Å². The van der Waals surface area contributed by atoms with E-state index in [1.807, 2.05) is 5.38 Å². The third-order valence-corrected chi connectivity index (χ3v) is 4.64. The maximum absolute atomic E-state index is 13.0. The molecular weight excluding hydrogens is 373 g/mol. The summed E-state index contributed by atoms with van der Waals surface area (Å²) in [5, 5.41) is 15.4. The van der Waals surface area contributed by atoms with E-state index in [-0.39, 0.29) is 5.82 Å². The van der Waals surface area contributed by atoms with Crippen LogP contribution in [0.15, 0.2) is 54.0 Å². The van der Waals surface area contributed by atoms with Crippen molar-refractivity contribution in [3.05, 3.63) is 69.9 Å². The second-order valence-corrected chi connectivity index (χ2v) is 6.50. The number of nitrogens with zero attached hydrogens (tertiary/aromatic N) is 2. The van der Waals surface area contributed by atoms with Crippen LogP contribution >= 0.6 is 22.9 Å². The third-order valence-electron chi connectivity index (χ3n) is 3.53. The Bertz CT molecular complexity index is 993. The second kappa shape index (κ2) is 8.00. The molecule has 0 aliphatic heterocycles. The summed E-state index contributed by atoms with van der Waals surface area (Å²) in [6.07, 6.45) is 1.56. The Hall–Kier alpha value is -2.88. The van der Waals surface area contributed by atoms with E-state index < -0.39 is 0 Å². The van der Waals surface area contributed by atoms with Crippen molar-refractivity contribution in [2.45, 2.75) is 0 Å². The molecule has 0 atom stereocenters. The lowest BCUT2D eigenvalue weighted by Crippen LogP contribution is -1.95. The molecule has 130 valence electrons. The zero-order valence-electron chi connectivity index (χ0n) is 13.7. The molecule has 3 aromatic rings. The van der Waals surface area contributed by atoms with Crippen molar-refractivity contribution in [1.29, 1.82) is 5.26 Å².